The Labute approximate surface area is 419 Å². The highest BCUT2D eigenvalue weighted by molar-refractivity contribution is 5.88. The van der Waals surface area contributed by atoms with Gasteiger partial charge in [-0.3, -0.25) is 0 Å². The van der Waals surface area contributed by atoms with E-state index in [0.29, 0.717) is 40.0 Å². The predicted molar refractivity (Wildman–Crippen MR) is 258 cm³/mol. The Morgan fingerprint density at radius 3 is 1.48 bits per heavy atom. The van der Waals surface area contributed by atoms with E-state index < -0.39 is 70.4 Å². The Hall–Kier alpha value is -7.60. The number of benzene rings is 6. The van der Waals surface area contributed by atoms with Crippen LogP contribution in [0.15, 0.2) is 146 Å². The lowest BCUT2D eigenvalue weighted by Crippen LogP contribution is -2.43. The fraction of sp³-hybridized carbons (Fsp3) is 0.245. The molecule has 1 aliphatic rings. The second-order valence-corrected chi connectivity index (χ2v) is 18.5. The lowest BCUT2D eigenvalue weighted by Gasteiger charge is -2.31. The fourth-order valence-corrected chi connectivity index (χ4v) is 9.52. The van der Waals surface area contributed by atoms with E-state index in [1.807, 2.05) is 0 Å². The summed E-state index contributed by atoms with van der Waals surface area (Å²) in [4.78, 5) is 0. The quantitative estimate of drug-likeness (QED) is 0.0917. The molecule has 4 unspecified atom stereocenters. The standard InChI is InChI=1S/C28H24F4N4O3.C25H20F4N4O3/c1-26(2)38-16-20(39-26)14-35-15-22(21-5-3-4-6-24(21)35)27(37,28(30,31)32)17-7-12-25-23(13-17)33-34-36(25)19-10-8-18(29)9-11-19;26-16-6-8-17(9-7-16)33-23-10-5-15(11-21(23)30-31-33)24(36,25(27,28)29)20-13-32(12-18(35)14-34)22-4-2-1-3-19(20)22/h3-13,15,20,37H,14,16H2,1-2H3;1-11,13,18,34-36H,12,14H2. The van der Waals surface area contributed by atoms with E-state index in [-0.39, 0.29) is 46.6 Å². The van der Waals surface area contributed by atoms with Crippen LogP contribution in [-0.4, -0.2) is 103 Å². The molecule has 14 nitrogen and oxygen atoms in total. The maximum Gasteiger partial charge on any atom is 0.425 e. The molecule has 5 heterocycles. The number of hydrogen-bond acceptors (Lipinski definition) is 10. The topological polar surface area (TPSA) is 171 Å². The highest BCUT2D eigenvalue weighted by Gasteiger charge is 2.59. The van der Waals surface area contributed by atoms with Crippen molar-refractivity contribution >= 4 is 43.9 Å². The van der Waals surface area contributed by atoms with Gasteiger partial charge in [0.1, 0.15) is 28.8 Å². The first kappa shape index (κ1) is 50.9. The van der Waals surface area contributed by atoms with Crippen molar-refractivity contribution in [3.05, 3.63) is 180 Å². The summed E-state index contributed by atoms with van der Waals surface area (Å²) < 4.78 is 132. The van der Waals surface area contributed by atoms with Crippen molar-refractivity contribution in [3.63, 3.8) is 0 Å². The van der Waals surface area contributed by atoms with Crippen LogP contribution in [-0.2, 0) is 33.8 Å². The number of ether oxygens (including phenoxy) is 2. The summed E-state index contributed by atoms with van der Waals surface area (Å²) in [6, 6.07) is 31.1. The van der Waals surface area contributed by atoms with Crippen LogP contribution < -0.4 is 0 Å². The summed E-state index contributed by atoms with van der Waals surface area (Å²) in [6.45, 7) is 3.33. The van der Waals surface area contributed by atoms with E-state index in [1.165, 1.54) is 99.0 Å². The molecule has 1 aliphatic heterocycles. The Bertz CT molecular complexity index is 3700. The number of aliphatic hydroxyl groups excluding tert-OH is 2. The molecule has 1 fully saturated rings. The third-order valence-electron chi connectivity index (χ3n) is 13.1. The van der Waals surface area contributed by atoms with Gasteiger partial charge in [-0.1, -0.05) is 59.0 Å². The minimum absolute atomic E-state index is 0.0962. The summed E-state index contributed by atoms with van der Waals surface area (Å²) in [6.07, 6.45) is -9.32. The second kappa shape index (κ2) is 19.0. The fourth-order valence-electron chi connectivity index (χ4n) is 9.52. The van der Waals surface area contributed by atoms with Crippen molar-refractivity contribution in [1.82, 2.24) is 39.1 Å². The smallest absolute Gasteiger partial charge is 0.394 e. The summed E-state index contributed by atoms with van der Waals surface area (Å²) in [5.74, 6) is -1.67. The molecule has 0 bridgehead atoms. The third-order valence-corrected chi connectivity index (χ3v) is 13.1. The summed E-state index contributed by atoms with van der Waals surface area (Å²) >= 11 is 0. The average Bonchev–Trinajstić information content (AvgIpc) is 4.23. The number of nitrogens with zero attached hydrogens (tertiary/aromatic N) is 8. The van der Waals surface area contributed by atoms with Crippen LogP contribution >= 0.6 is 0 Å². The van der Waals surface area contributed by atoms with Gasteiger partial charge < -0.3 is 39.0 Å². The molecular formula is C53H44F8N8O6. The van der Waals surface area contributed by atoms with Gasteiger partial charge in [0.2, 0.25) is 11.2 Å². The molecule has 4 aromatic heterocycles. The lowest BCUT2D eigenvalue weighted by atomic mass is 9.85. The molecular weight excluding hydrogens is 997 g/mol. The Kier molecular flexibility index (Phi) is 12.9. The maximum absolute atomic E-state index is 14.8. The molecule has 11 rings (SSSR count). The van der Waals surface area contributed by atoms with E-state index in [1.54, 1.807) is 60.9 Å². The summed E-state index contributed by atoms with van der Waals surface area (Å²) in [5, 5.41) is 58.4. The van der Waals surface area contributed by atoms with Crippen LogP contribution in [0.2, 0.25) is 0 Å². The van der Waals surface area contributed by atoms with E-state index >= 15 is 0 Å². The molecule has 75 heavy (non-hydrogen) atoms. The average molecular weight is 1040 g/mol. The van der Waals surface area contributed by atoms with Gasteiger partial charge in [0.05, 0.1) is 54.8 Å². The van der Waals surface area contributed by atoms with E-state index in [4.69, 9.17) is 9.47 Å². The number of alkyl halides is 6. The minimum Gasteiger partial charge on any atom is -0.394 e. The van der Waals surface area contributed by atoms with Gasteiger partial charge in [0.25, 0.3) is 0 Å². The van der Waals surface area contributed by atoms with Crippen molar-refractivity contribution in [2.75, 3.05) is 13.2 Å². The highest BCUT2D eigenvalue weighted by Crippen LogP contribution is 2.49. The highest BCUT2D eigenvalue weighted by atomic mass is 19.4. The van der Waals surface area contributed by atoms with Gasteiger partial charge in [0, 0.05) is 45.3 Å². The lowest BCUT2D eigenvalue weighted by molar-refractivity contribution is -0.248. The van der Waals surface area contributed by atoms with Crippen LogP contribution in [0.1, 0.15) is 36.1 Å². The zero-order valence-corrected chi connectivity index (χ0v) is 39.5. The predicted octanol–water partition coefficient (Wildman–Crippen LogP) is 9.13. The molecule has 388 valence electrons. The number of rotatable bonds is 11. The molecule has 4 N–H and O–H groups in total. The minimum atomic E-state index is -5.13. The van der Waals surface area contributed by atoms with Crippen LogP contribution in [0.4, 0.5) is 35.1 Å². The van der Waals surface area contributed by atoms with Gasteiger partial charge in [-0.25, -0.2) is 18.1 Å². The number of fused-ring (bicyclic) bond motifs is 4. The first-order chi connectivity index (χ1) is 35.6. The molecule has 10 aromatic rings. The van der Waals surface area contributed by atoms with Crippen LogP contribution in [0.5, 0.6) is 0 Å². The van der Waals surface area contributed by atoms with Crippen molar-refractivity contribution in [2.24, 2.45) is 0 Å². The number of aromatic nitrogens is 8. The van der Waals surface area contributed by atoms with Crippen molar-refractivity contribution in [2.45, 2.75) is 68.5 Å². The van der Waals surface area contributed by atoms with Crippen molar-refractivity contribution in [1.29, 1.82) is 0 Å². The van der Waals surface area contributed by atoms with Gasteiger partial charge in [-0.05, 0) is 110 Å². The Balaban J connectivity index is 0.000000172. The largest absolute Gasteiger partial charge is 0.425 e. The van der Waals surface area contributed by atoms with Gasteiger partial charge in [-0.15, -0.1) is 10.2 Å². The van der Waals surface area contributed by atoms with Crippen molar-refractivity contribution < 1.29 is 65.0 Å². The first-order valence-electron chi connectivity index (χ1n) is 23.2. The number of para-hydroxylation sites is 2. The molecule has 0 radical (unpaired) electrons. The number of hydrogen-bond donors (Lipinski definition) is 4. The molecule has 0 spiro atoms. The second-order valence-electron chi connectivity index (χ2n) is 18.5. The molecule has 0 aliphatic carbocycles. The van der Waals surface area contributed by atoms with Gasteiger partial charge >= 0.3 is 12.4 Å². The summed E-state index contributed by atoms with van der Waals surface area (Å²) in [7, 11) is 0. The van der Waals surface area contributed by atoms with Crippen LogP contribution in [0.25, 0.3) is 55.2 Å². The van der Waals surface area contributed by atoms with E-state index in [9.17, 15) is 55.5 Å². The SMILES string of the molecule is CC1(C)OCC(Cn2cc(C(O)(c3ccc4c(c3)nnn4-c3ccc(F)cc3)C(F)(F)F)c3ccccc32)O1.OCC(O)Cn1cc(C(O)(c2ccc3c(c2)nnn3-c2ccc(F)cc2)C(F)(F)F)c2ccccc21. The molecule has 22 heteroatoms. The maximum atomic E-state index is 14.8. The monoisotopic (exact) mass is 1040 g/mol. The van der Waals surface area contributed by atoms with E-state index in [2.05, 4.69) is 20.6 Å². The molecule has 4 atom stereocenters. The van der Waals surface area contributed by atoms with Crippen LogP contribution in [0.3, 0.4) is 0 Å². The number of aliphatic hydroxyl groups is 4. The number of halogens is 8. The zero-order chi connectivity index (χ0) is 53.2. The first-order valence-corrected chi connectivity index (χ1v) is 23.2. The molecule has 6 aromatic carbocycles. The summed E-state index contributed by atoms with van der Waals surface area (Å²) in [5.41, 5.74) is -5.56. The Morgan fingerprint density at radius 1 is 0.613 bits per heavy atom. The molecule has 0 amide bonds. The Morgan fingerprint density at radius 2 is 1.05 bits per heavy atom. The van der Waals surface area contributed by atoms with Gasteiger partial charge in [0.15, 0.2) is 5.79 Å². The third kappa shape index (κ3) is 9.16. The molecule has 1 saturated heterocycles. The van der Waals surface area contributed by atoms with Crippen LogP contribution in [0, 0.1) is 11.6 Å². The molecule has 0 saturated carbocycles. The normalized spacial score (nSPS) is 17.1. The van der Waals surface area contributed by atoms with Gasteiger partial charge in [-0.2, -0.15) is 26.3 Å². The van der Waals surface area contributed by atoms with E-state index in [0.717, 1.165) is 18.3 Å². The zero-order valence-electron chi connectivity index (χ0n) is 39.5. The van der Waals surface area contributed by atoms with Crippen molar-refractivity contribution in [3.8, 4) is 11.4 Å².